The van der Waals surface area contributed by atoms with Crippen LogP contribution in [0.3, 0.4) is 0 Å². The molecule has 0 N–H and O–H groups in total. The fraction of sp³-hybridized carbons (Fsp3) is 0.0492. The molecule has 0 amide bonds. The van der Waals surface area contributed by atoms with E-state index >= 15 is 0 Å². The van der Waals surface area contributed by atoms with Crippen molar-refractivity contribution in [3.05, 3.63) is 217 Å². The molecule has 0 atom stereocenters. The van der Waals surface area contributed by atoms with Crippen molar-refractivity contribution in [1.29, 1.82) is 0 Å². The van der Waals surface area contributed by atoms with Crippen molar-refractivity contribution in [1.82, 2.24) is 0 Å². The molecule has 0 heteroatoms. The standard InChI is InChI=1S/C61H40/c1-61(2)55-31-15-28-42(58(55)59-48-22-7-5-20-43(48)44-21-6-12-27-53(44)60(59)61)39-18-13-19-41(35-39)56-49-23-8-10-25-51(49)57(52-26-11-9-24-50(52)56)47-30-14-29-45-46(47)33-32-40-34-37-16-3-4-17-38(37)36-54(40)45/h3-36H,1-2H3. The summed E-state index contributed by atoms with van der Waals surface area (Å²) in [6.45, 7) is 4.83. The summed E-state index contributed by atoms with van der Waals surface area (Å²) in [4.78, 5) is 0. The van der Waals surface area contributed by atoms with E-state index in [9.17, 15) is 0 Å². The van der Waals surface area contributed by atoms with Gasteiger partial charge in [-0.25, -0.2) is 0 Å². The Balaban J connectivity index is 1.05. The third-order valence-electron chi connectivity index (χ3n) is 14.0. The lowest BCUT2D eigenvalue weighted by Gasteiger charge is -2.24. The zero-order chi connectivity index (χ0) is 40.4. The molecule has 12 aromatic rings. The third-order valence-corrected chi connectivity index (χ3v) is 14.0. The first-order chi connectivity index (χ1) is 30.0. The van der Waals surface area contributed by atoms with Crippen molar-refractivity contribution in [2.75, 3.05) is 0 Å². The molecule has 13 rings (SSSR count). The fourth-order valence-corrected chi connectivity index (χ4v) is 11.3. The molecule has 0 aliphatic heterocycles. The van der Waals surface area contributed by atoms with Gasteiger partial charge in [0, 0.05) is 5.41 Å². The summed E-state index contributed by atoms with van der Waals surface area (Å²) in [7, 11) is 0. The first kappa shape index (κ1) is 34.3. The summed E-state index contributed by atoms with van der Waals surface area (Å²) >= 11 is 0. The number of benzene rings is 12. The van der Waals surface area contributed by atoms with Crippen LogP contribution >= 0.6 is 0 Å². The molecule has 0 unspecified atom stereocenters. The molecule has 0 spiro atoms. The van der Waals surface area contributed by atoms with Crippen molar-refractivity contribution >= 4 is 75.4 Å². The largest absolute Gasteiger partial charge is 0.0616 e. The highest BCUT2D eigenvalue weighted by Crippen LogP contribution is 2.57. The van der Waals surface area contributed by atoms with E-state index in [1.165, 1.54) is 131 Å². The molecule has 61 heavy (non-hydrogen) atoms. The van der Waals surface area contributed by atoms with Gasteiger partial charge in [-0.2, -0.15) is 0 Å². The molecule has 0 nitrogen and oxygen atoms in total. The van der Waals surface area contributed by atoms with Gasteiger partial charge >= 0.3 is 0 Å². The monoisotopic (exact) mass is 772 g/mol. The van der Waals surface area contributed by atoms with E-state index in [1.54, 1.807) is 0 Å². The highest BCUT2D eigenvalue weighted by Gasteiger charge is 2.39. The molecule has 0 bridgehead atoms. The van der Waals surface area contributed by atoms with Crippen LogP contribution in [0.1, 0.15) is 25.0 Å². The summed E-state index contributed by atoms with van der Waals surface area (Å²) < 4.78 is 0. The Labute approximate surface area is 355 Å². The van der Waals surface area contributed by atoms with Crippen LogP contribution in [-0.4, -0.2) is 0 Å². The van der Waals surface area contributed by atoms with E-state index in [1.807, 2.05) is 0 Å². The minimum Gasteiger partial charge on any atom is -0.0616 e. The lowest BCUT2D eigenvalue weighted by molar-refractivity contribution is 0.666. The Hall–Kier alpha value is -7.54. The third kappa shape index (κ3) is 4.82. The fourth-order valence-electron chi connectivity index (χ4n) is 11.3. The van der Waals surface area contributed by atoms with E-state index in [2.05, 4.69) is 220 Å². The summed E-state index contributed by atoms with van der Waals surface area (Å²) in [5.41, 5.74) is 13.0. The van der Waals surface area contributed by atoms with E-state index in [0.717, 1.165) is 0 Å². The highest BCUT2D eigenvalue weighted by atomic mass is 14.4. The summed E-state index contributed by atoms with van der Waals surface area (Å²) in [6.07, 6.45) is 0. The lowest BCUT2D eigenvalue weighted by atomic mass is 9.79. The smallest absolute Gasteiger partial charge is 0.0165 e. The molecular formula is C61H40. The van der Waals surface area contributed by atoms with Gasteiger partial charge in [0.2, 0.25) is 0 Å². The Morgan fingerprint density at radius 2 is 0.754 bits per heavy atom. The van der Waals surface area contributed by atoms with Gasteiger partial charge < -0.3 is 0 Å². The highest BCUT2D eigenvalue weighted by molar-refractivity contribution is 6.26. The second-order valence-corrected chi connectivity index (χ2v) is 17.5. The van der Waals surface area contributed by atoms with Gasteiger partial charge in [-0.05, 0) is 149 Å². The SMILES string of the molecule is CC1(C)c2cccc(-c3cccc(-c4c5ccccc5c(-c5cccc6c5ccc5cc7ccccc7cc56)c5ccccc45)c3)c2-c2c1c1ccccc1c1ccccc21. The summed E-state index contributed by atoms with van der Waals surface area (Å²) in [5, 5.41) is 18.0. The normalized spacial score (nSPS) is 13.2. The number of rotatable bonds is 3. The van der Waals surface area contributed by atoms with Gasteiger partial charge in [-0.15, -0.1) is 0 Å². The maximum atomic E-state index is 2.45. The molecule has 0 saturated heterocycles. The number of hydrogen-bond donors (Lipinski definition) is 0. The van der Waals surface area contributed by atoms with Crippen molar-refractivity contribution in [3.63, 3.8) is 0 Å². The van der Waals surface area contributed by atoms with Gasteiger partial charge in [0.1, 0.15) is 0 Å². The predicted octanol–water partition coefficient (Wildman–Crippen LogP) is 17.1. The summed E-state index contributed by atoms with van der Waals surface area (Å²) in [6, 6.07) is 77.4. The van der Waals surface area contributed by atoms with Crippen LogP contribution in [0.2, 0.25) is 0 Å². The van der Waals surface area contributed by atoms with Crippen LogP contribution in [0, 0.1) is 0 Å². The molecular weight excluding hydrogens is 733 g/mol. The van der Waals surface area contributed by atoms with E-state index in [0.29, 0.717) is 0 Å². The number of fused-ring (bicyclic) bond motifs is 14. The average Bonchev–Trinajstić information content (AvgIpc) is 3.56. The number of hydrogen-bond acceptors (Lipinski definition) is 0. The summed E-state index contributed by atoms with van der Waals surface area (Å²) in [5.74, 6) is 0. The van der Waals surface area contributed by atoms with Crippen LogP contribution in [0.5, 0.6) is 0 Å². The Morgan fingerprint density at radius 1 is 0.262 bits per heavy atom. The molecule has 284 valence electrons. The van der Waals surface area contributed by atoms with Crippen LogP contribution in [0.15, 0.2) is 206 Å². The lowest BCUT2D eigenvalue weighted by Crippen LogP contribution is -2.15. The molecule has 1 aliphatic carbocycles. The van der Waals surface area contributed by atoms with Crippen molar-refractivity contribution in [2.24, 2.45) is 0 Å². The molecule has 0 fully saturated rings. The van der Waals surface area contributed by atoms with Gasteiger partial charge in [0.05, 0.1) is 0 Å². The Morgan fingerprint density at radius 3 is 1.46 bits per heavy atom. The molecule has 0 heterocycles. The van der Waals surface area contributed by atoms with E-state index < -0.39 is 0 Å². The second-order valence-electron chi connectivity index (χ2n) is 17.5. The van der Waals surface area contributed by atoms with E-state index in [-0.39, 0.29) is 5.41 Å². The first-order valence-electron chi connectivity index (χ1n) is 21.5. The molecule has 0 aromatic heterocycles. The van der Waals surface area contributed by atoms with E-state index in [4.69, 9.17) is 0 Å². The van der Waals surface area contributed by atoms with Gasteiger partial charge in [0.15, 0.2) is 0 Å². The van der Waals surface area contributed by atoms with Crippen LogP contribution in [0.4, 0.5) is 0 Å². The van der Waals surface area contributed by atoms with Crippen LogP contribution < -0.4 is 0 Å². The molecule has 0 saturated carbocycles. The van der Waals surface area contributed by atoms with Crippen LogP contribution in [-0.2, 0) is 5.41 Å². The maximum Gasteiger partial charge on any atom is 0.0165 e. The van der Waals surface area contributed by atoms with Crippen molar-refractivity contribution in [2.45, 2.75) is 19.3 Å². The Bertz CT molecular complexity index is 3790. The Kier molecular flexibility index (Phi) is 7.17. The maximum absolute atomic E-state index is 2.45. The molecule has 0 radical (unpaired) electrons. The molecule has 1 aliphatic rings. The minimum absolute atomic E-state index is 0.161. The average molecular weight is 773 g/mol. The first-order valence-corrected chi connectivity index (χ1v) is 21.5. The topological polar surface area (TPSA) is 0 Å². The second kappa shape index (κ2) is 12.7. The predicted molar refractivity (Wildman–Crippen MR) is 263 cm³/mol. The zero-order valence-corrected chi connectivity index (χ0v) is 34.1. The van der Waals surface area contributed by atoms with Crippen molar-refractivity contribution in [3.8, 4) is 44.5 Å². The van der Waals surface area contributed by atoms with Crippen molar-refractivity contribution < 1.29 is 0 Å². The van der Waals surface area contributed by atoms with Gasteiger partial charge in [-0.1, -0.05) is 202 Å². The zero-order valence-electron chi connectivity index (χ0n) is 34.1. The quantitative estimate of drug-likeness (QED) is 0.124. The van der Waals surface area contributed by atoms with Crippen LogP contribution in [0.25, 0.3) is 120 Å². The molecule has 12 aromatic carbocycles. The van der Waals surface area contributed by atoms with Gasteiger partial charge in [-0.3, -0.25) is 0 Å². The van der Waals surface area contributed by atoms with Gasteiger partial charge in [0.25, 0.3) is 0 Å². The minimum atomic E-state index is -0.161.